The van der Waals surface area contributed by atoms with Gasteiger partial charge in [-0.3, -0.25) is 0 Å². The van der Waals surface area contributed by atoms with E-state index in [1.165, 1.54) is 18.4 Å². The SMILES string of the molecule is CCC(C)(O)CNc1ccc(S(=O)(=O)N(C)C)cc1. The molecule has 1 unspecified atom stereocenters. The first-order chi connectivity index (χ1) is 8.69. The Balaban J connectivity index is 2.78. The average molecular weight is 286 g/mol. The van der Waals surface area contributed by atoms with Crippen LogP contribution < -0.4 is 5.32 Å². The number of hydrogen-bond acceptors (Lipinski definition) is 4. The smallest absolute Gasteiger partial charge is 0.242 e. The Morgan fingerprint density at radius 2 is 1.79 bits per heavy atom. The third-order valence-electron chi connectivity index (χ3n) is 3.07. The molecule has 0 aromatic heterocycles. The molecule has 0 spiro atoms. The van der Waals surface area contributed by atoms with E-state index in [-0.39, 0.29) is 4.90 Å². The highest BCUT2D eigenvalue weighted by atomic mass is 32.2. The van der Waals surface area contributed by atoms with Crippen LogP contribution in [0, 0.1) is 0 Å². The first-order valence-electron chi connectivity index (χ1n) is 6.18. The summed E-state index contributed by atoms with van der Waals surface area (Å²) in [4.78, 5) is 0.255. The fourth-order valence-corrected chi connectivity index (χ4v) is 2.27. The predicted molar refractivity (Wildman–Crippen MR) is 76.7 cm³/mol. The Morgan fingerprint density at radius 1 is 1.26 bits per heavy atom. The van der Waals surface area contributed by atoms with Crippen LogP contribution in [0.25, 0.3) is 0 Å². The van der Waals surface area contributed by atoms with Gasteiger partial charge in [0.2, 0.25) is 10.0 Å². The molecule has 0 heterocycles. The molecule has 0 saturated heterocycles. The maximum atomic E-state index is 11.9. The number of nitrogens with one attached hydrogen (secondary N) is 1. The highest BCUT2D eigenvalue weighted by molar-refractivity contribution is 7.89. The van der Waals surface area contributed by atoms with Crippen molar-refractivity contribution in [2.45, 2.75) is 30.8 Å². The molecule has 0 amide bonds. The third-order valence-corrected chi connectivity index (χ3v) is 4.90. The van der Waals surface area contributed by atoms with E-state index in [4.69, 9.17) is 0 Å². The lowest BCUT2D eigenvalue weighted by molar-refractivity contribution is 0.0697. The van der Waals surface area contributed by atoms with Gasteiger partial charge in [0.1, 0.15) is 0 Å². The van der Waals surface area contributed by atoms with E-state index in [0.717, 1.165) is 5.69 Å². The van der Waals surface area contributed by atoms with E-state index in [1.807, 2.05) is 6.92 Å². The summed E-state index contributed by atoms with van der Waals surface area (Å²) in [7, 11) is -0.386. The van der Waals surface area contributed by atoms with Crippen molar-refractivity contribution in [2.75, 3.05) is 26.0 Å². The lowest BCUT2D eigenvalue weighted by Crippen LogP contribution is -2.32. The lowest BCUT2D eigenvalue weighted by atomic mass is 10.0. The van der Waals surface area contributed by atoms with Gasteiger partial charge in [-0.1, -0.05) is 6.92 Å². The molecule has 19 heavy (non-hydrogen) atoms. The summed E-state index contributed by atoms with van der Waals surface area (Å²) in [6.45, 7) is 4.09. The van der Waals surface area contributed by atoms with Gasteiger partial charge in [-0.05, 0) is 37.6 Å². The quantitative estimate of drug-likeness (QED) is 0.831. The zero-order chi connectivity index (χ0) is 14.7. The molecule has 0 aliphatic carbocycles. The first-order valence-corrected chi connectivity index (χ1v) is 7.62. The Kier molecular flexibility index (Phi) is 4.95. The normalized spacial score (nSPS) is 15.3. The number of rotatable bonds is 6. The minimum atomic E-state index is -3.39. The third kappa shape index (κ3) is 4.19. The van der Waals surface area contributed by atoms with Crippen LogP contribution in [0.15, 0.2) is 29.2 Å². The Labute approximate surface area is 115 Å². The molecule has 6 heteroatoms. The van der Waals surface area contributed by atoms with Crippen LogP contribution >= 0.6 is 0 Å². The minimum absolute atomic E-state index is 0.255. The van der Waals surface area contributed by atoms with Gasteiger partial charge < -0.3 is 10.4 Å². The van der Waals surface area contributed by atoms with Crippen molar-refractivity contribution >= 4 is 15.7 Å². The summed E-state index contributed by atoms with van der Waals surface area (Å²) in [5.74, 6) is 0. The number of aliphatic hydroxyl groups is 1. The molecule has 108 valence electrons. The van der Waals surface area contributed by atoms with Crippen LogP contribution in [-0.4, -0.2) is 44.1 Å². The Morgan fingerprint density at radius 3 is 2.21 bits per heavy atom. The molecule has 5 nitrogen and oxygen atoms in total. The van der Waals surface area contributed by atoms with Crippen molar-refractivity contribution in [3.63, 3.8) is 0 Å². The van der Waals surface area contributed by atoms with Gasteiger partial charge in [0, 0.05) is 26.3 Å². The van der Waals surface area contributed by atoms with Crippen molar-refractivity contribution in [1.82, 2.24) is 4.31 Å². The molecule has 0 radical (unpaired) electrons. The molecule has 0 saturated carbocycles. The molecule has 0 aliphatic rings. The topological polar surface area (TPSA) is 69.6 Å². The van der Waals surface area contributed by atoms with E-state index in [0.29, 0.717) is 13.0 Å². The summed E-state index contributed by atoms with van der Waals surface area (Å²) in [5.41, 5.74) is 0.0143. The highest BCUT2D eigenvalue weighted by Crippen LogP contribution is 2.17. The van der Waals surface area contributed by atoms with E-state index in [9.17, 15) is 13.5 Å². The molecular formula is C13H22N2O3S. The van der Waals surface area contributed by atoms with Crippen LogP contribution in [0.3, 0.4) is 0 Å². The second kappa shape index (κ2) is 5.90. The molecule has 2 N–H and O–H groups in total. The van der Waals surface area contributed by atoms with Gasteiger partial charge in [-0.2, -0.15) is 0 Å². The van der Waals surface area contributed by atoms with E-state index in [2.05, 4.69) is 5.32 Å². The van der Waals surface area contributed by atoms with E-state index >= 15 is 0 Å². The number of sulfonamides is 1. The van der Waals surface area contributed by atoms with Gasteiger partial charge in [-0.25, -0.2) is 12.7 Å². The maximum Gasteiger partial charge on any atom is 0.242 e. The highest BCUT2D eigenvalue weighted by Gasteiger charge is 2.18. The number of nitrogens with zero attached hydrogens (tertiary/aromatic N) is 1. The Bertz CT molecular complexity index is 507. The summed E-state index contributed by atoms with van der Waals surface area (Å²) in [6.07, 6.45) is 0.646. The fraction of sp³-hybridized carbons (Fsp3) is 0.538. The summed E-state index contributed by atoms with van der Waals surface area (Å²) >= 11 is 0. The van der Waals surface area contributed by atoms with Crippen LogP contribution in [0.2, 0.25) is 0 Å². The first kappa shape index (κ1) is 15.9. The zero-order valence-electron chi connectivity index (χ0n) is 11.8. The Hall–Kier alpha value is -1.11. The molecule has 0 aliphatic heterocycles. The van der Waals surface area contributed by atoms with Crippen molar-refractivity contribution in [3.8, 4) is 0 Å². The molecule has 1 atom stereocenters. The summed E-state index contributed by atoms with van der Waals surface area (Å²) in [5, 5.41) is 13.0. The average Bonchev–Trinajstić information content (AvgIpc) is 2.37. The standard InChI is InChI=1S/C13H22N2O3S/c1-5-13(2,16)10-14-11-6-8-12(9-7-11)19(17,18)15(3)4/h6-9,14,16H,5,10H2,1-4H3. The van der Waals surface area contributed by atoms with Crippen molar-refractivity contribution in [3.05, 3.63) is 24.3 Å². The van der Waals surface area contributed by atoms with Gasteiger partial charge in [0.15, 0.2) is 0 Å². The monoisotopic (exact) mass is 286 g/mol. The van der Waals surface area contributed by atoms with Crippen molar-refractivity contribution in [2.24, 2.45) is 0 Å². The fourth-order valence-electron chi connectivity index (χ4n) is 1.37. The largest absolute Gasteiger partial charge is 0.388 e. The predicted octanol–water partition coefficient (Wildman–Crippen LogP) is 1.51. The second-order valence-corrected chi connectivity index (χ2v) is 7.17. The summed E-state index contributed by atoms with van der Waals surface area (Å²) in [6, 6.07) is 6.50. The van der Waals surface area contributed by atoms with E-state index < -0.39 is 15.6 Å². The molecule has 0 fully saturated rings. The molecular weight excluding hydrogens is 264 g/mol. The summed E-state index contributed by atoms with van der Waals surface area (Å²) < 4.78 is 24.9. The zero-order valence-corrected chi connectivity index (χ0v) is 12.7. The molecule has 1 aromatic rings. The van der Waals surface area contributed by atoms with E-state index in [1.54, 1.807) is 31.2 Å². The number of benzene rings is 1. The minimum Gasteiger partial charge on any atom is -0.388 e. The van der Waals surface area contributed by atoms with Gasteiger partial charge in [0.05, 0.1) is 10.5 Å². The van der Waals surface area contributed by atoms with Crippen molar-refractivity contribution in [1.29, 1.82) is 0 Å². The van der Waals surface area contributed by atoms with Gasteiger partial charge in [0.25, 0.3) is 0 Å². The second-order valence-electron chi connectivity index (χ2n) is 5.02. The lowest BCUT2D eigenvalue weighted by Gasteiger charge is -2.22. The van der Waals surface area contributed by atoms with Crippen LogP contribution in [0.1, 0.15) is 20.3 Å². The number of hydrogen-bond donors (Lipinski definition) is 2. The molecule has 1 rings (SSSR count). The van der Waals surface area contributed by atoms with Gasteiger partial charge in [-0.15, -0.1) is 0 Å². The molecule has 0 bridgehead atoms. The van der Waals surface area contributed by atoms with Crippen LogP contribution in [-0.2, 0) is 10.0 Å². The van der Waals surface area contributed by atoms with Crippen LogP contribution in [0.4, 0.5) is 5.69 Å². The maximum absolute atomic E-state index is 11.9. The van der Waals surface area contributed by atoms with Crippen molar-refractivity contribution < 1.29 is 13.5 Å². The molecule has 1 aromatic carbocycles. The van der Waals surface area contributed by atoms with Crippen LogP contribution in [0.5, 0.6) is 0 Å². The van der Waals surface area contributed by atoms with Gasteiger partial charge >= 0.3 is 0 Å². The number of anilines is 1.